The van der Waals surface area contributed by atoms with Crippen LogP contribution in [-0.4, -0.2) is 73.7 Å². The Morgan fingerprint density at radius 2 is 1.61 bits per heavy atom. The third-order valence-electron chi connectivity index (χ3n) is 6.74. The highest BCUT2D eigenvalue weighted by Crippen LogP contribution is 2.24. The quantitative estimate of drug-likeness (QED) is 0.618. The smallest absolute Gasteiger partial charge is 0.222 e. The van der Waals surface area contributed by atoms with Gasteiger partial charge in [-0.1, -0.05) is 12.1 Å². The highest BCUT2D eigenvalue weighted by atomic mass is 32.2. The summed E-state index contributed by atoms with van der Waals surface area (Å²) in [5.41, 5.74) is 0.988. The van der Waals surface area contributed by atoms with E-state index >= 15 is 0 Å². The van der Waals surface area contributed by atoms with Crippen molar-refractivity contribution in [1.82, 2.24) is 14.8 Å². The Labute approximate surface area is 196 Å². The second-order valence-electron chi connectivity index (χ2n) is 9.06. The van der Waals surface area contributed by atoms with Crippen LogP contribution >= 0.6 is 0 Å². The topological polar surface area (TPSA) is 79.8 Å². The minimum Gasteiger partial charge on any atom is -0.490 e. The van der Waals surface area contributed by atoms with E-state index in [9.17, 15) is 13.2 Å². The van der Waals surface area contributed by atoms with E-state index in [1.165, 1.54) is 6.26 Å². The molecule has 3 heterocycles. The van der Waals surface area contributed by atoms with Gasteiger partial charge in [-0.2, -0.15) is 0 Å². The Morgan fingerprint density at radius 3 is 2.21 bits per heavy atom. The molecular formula is C25H33N3O4S. The van der Waals surface area contributed by atoms with Crippen molar-refractivity contribution in [3.8, 4) is 5.75 Å². The van der Waals surface area contributed by atoms with Gasteiger partial charge in [0.05, 0.1) is 4.90 Å². The van der Waals surface area contributed by atoms with Crippen LogP contribution in [0.3, 0.4) is 0 Å². The second kappa shape index (κ2) is 10.7. The Balaban J connectivity index is 1.17. The van der Waals surface area contributed by atoms with Crippen molar-refractivity contribution in [3.63, 3.8) is 0 Å². The fraction of sp³-hybridized carbons (Fsp3) is 0.520. The molecule has 0 unspecified atom stereocenters. The lowest BCUT2D eigenvalue weighted by Crippen LogP contribution is -2.50. The normalized spacial score (nSPS) is 18.9. The van der Waals surface area contributed by atoms with Gasteiger partial charge in [-0.15, -0.1) is 0 Å². The van der Waals surface area contributed by atoms with Crippen molar-refractivity contribution in [3.05, 3.63) is 54.4 Å². The molecular weight excluding hydrogens is 438 g/mol. The molecule has 2 aromatic rings. The maximum atomic E-state index is 12.7. The molecule has 1 aromatic carbocycles. The molecule has 0 bridgehead atoms. The largest absolute Gasteiger partial charge is 0.490 e. The molecule has 0 N–H and O–H groups in total. The van der Waals surface area contributed by atoms with Crippen LogP contribution in [0.15, 0.2) is 53.7 Å². The van der Waals surface area contributed by atoms with Gasteiger partial charge in [-0.3, -0.25) is 14.7 Å². The summed E-state index contributed by atoms with van der Waals surface area (Å²) in [6.07, 6.45) is 10.2. The number of pyridine rings is 1. The average Bonchev–Trinajstić information content (AvgIpc) is 2.83. The van der Waals surface area contributed by atoms with E-state index in [-0.39, 0.29) is 12.0 Å². The van der Waals surface area contributed by atoms with Crippen LogP contribution in [0.2, 0.25) is 0 Å². The van der Waals surface area contributed by atoms with E-state index in [0.717, 1.165) is 63.2 Å². The van der Waals surface area contributed by atoms with Crippen LogP contribution in [-0.2, 0) is 21.1 Å². The molecule has 0 atom stereocenters. The first-order chi connectivity index (χ1) is 15.9. The number of nitrogens with zero attached hydrogens (tertiary/aromatic N) is 3. The number of aryl methyl sites for hydroxylation is 1. The Hall–Kier alpha value is -2.45. The number of hydrogen-bond donors (Lipinski definition) is 0. The molecule has 7 nitrogen and oxygen atoms in total. The molecule has 0 saturated carbocycles. The summed E-state index contributed by atoms with van der Waals surface area (Å²) in [6, 6.07) is 11.2. The summed E-state index contributed by atoms with van der Waals surface area (Å²) in [5.74, 6) is 1.08. The third-order valence-corrected chi connectivity index (χ3v) is 7.87. The van der Waals surface area contributed by atoms with Gasteiger partial charge in [0.1, 0.15) is 11.9 Å². The van der Waals surface area contributed by atoms with E-state index in [0.29, 0.717) is 23.8 Å². The summed E-state index contributed by atoms with van der Waals surface area (Å²) in [7, 11) is -3.19. The number of aromatic nitrogens is 1. The van der Waals surface area contributed by atoms with Gasteiger partial charge in [-0.05, 0) is 61.9 Å². The SMILES string of the molecule is CS(=O)(=O)c1ccc(CCC(=O)N2CCC(N3CCC(Oc4ccncc4)CC3)CC2)cc1. The maximum absolute atomic E-state index is 12.7. The van der Waals surface area contributed by atoms with Gasteiger partial charge in [0.25, 0.3) is 0 Å². The first-order valence-electron chi connectivity index (χ1n) is 11.8. The zero-order valence-electron chi connectivity index (χ0n) is 19.2. The van der Waals surface area contributed by atoms with Gasteiger partial charge in [-0.25, -0.2) is 8.42 Å². The lowest BCUT2D eigenvalue weighted by atomic mass is 9.98. The predicted molar refractivity (Wildman–Crippen MR) is 127 cm³/mol. The minimum atomic E-state index is -3.19. The molecule has 33 heavy (non-hydrogen) atoms. The van der Waals surface area contributed by atoms with Crippen LogP contribution in [0.5, 0.6) is 5.75 Å². The molecule has 2 saturated heterocycles. The zero-order valence-corrected chi connectivity index (χ0v) is 20.0. The van der Waals surface area contributed by atoms with Crippen LogP contribution in [0.25, 0.3) is 0 Å². The minimum absolute atomic E-state index is 0.185. The van der Waals surface area contributed by atoms with Crippen molar-refractivity contribution in [2.24, 2.45) is 0 Å². The predicted octanol–water partition coefficient (Wildman–Crippen LogP) is 2.95. The van der Waals surface area contributed by atoms with Crippen LogP contribution in [0.4, 0.5) is 0 Å². The number of hydrogen-bond acceptors (Lipinski definition) is 6. The van der Waals surface area contributed by atoms with Gasteiger partial charge in [0, 0.05) is 57.3 Å². The van der Waals surface area contributed by atoms with Crippen LogP contribution < -0.4 is 4.74 Å². The third kappa shape index (κ3) is 6.54. The fourth-order valence-electron chi connectivity index (χ4n) is 4.76. The Bertz CT molecular complexity index is 1010. The lowest BCUT2D eigenvalue weighted by Gasteiger charge is -2.41. The molecule has 8 heteroatoms. The van der Waals surface area contributed by atoms with E-state index in [1.54, 1.807) is 36.7 Å². The number of carbonyl (C=O) groups is 1. The number of benzene rings is 1. The molecule has 0 radical (unpaired) electrons. The average molecular weight is 472 g/mol. The summed E-state index contributed by atoms with van der Waals surface area (Å²) in [4.78, 5) is 21.6. The van der Waals surface area contributed by atoms with Gasteiger partial charge >= 0.3 is 0 Å². The van der Waals surface area contributed by atoms with E-state index in [1.807, 2.05) is 17.0 Å². The number of piperidine rings is 2. The van der Waals surface area contributed by atoms with Crippen molar-refractivity contribution in [2.75, 3.05) is 32.4 Å². The maximum Gasteiger partial charge on any atom is 0.222 e. The van der Waals surface area contributed by atoms with Gasteiger partial charge < -0.3 is 9.64 Å². The Morgan fingerprint density at radius 1 is 0.970 bits per heavy atom. The van der Waals surface area contributed by atoms with E-state index < -0.39 is 9.84 Å². The summed E-state index contributed by atoms with van der Waals surface area (Å²) in [5, 5.41) is 0. The number of rotatable bonds is 7. The molecule has 0 aliphatic carbocycles. The zero-order chi connectivity index (χ0) is 23.3. The monoisotopic (exact) mass is 471 g/mol. The summed E-state index contributed by atoms with van der Waals surface area (Å²) in [6.45, 7) is 3.70. The Kier molecular flexibility index (Phi) is 7.65. The fourth-order valence-corrected chi connectivity index (χ4v) is 5.39. The molecule has 1 amide bonds. The van der Waals surface area contributed by atoms with Crippen LogP contribution in [0.1, 0.15) is 37.7 Å². The number of likely N-dealkylation sites (tertiary alicyclic amines) is 2. The molecule has 2 fully saturated rings. The number of carbonyl (C=O) groups excluding carboxylic acids is 1. The molecule has 178 valence electrons. The lowest BCUT2D eigenvalue weighted by molar-refractivity contribution is -0.132. The molecule has 0 spiro atoms. The van der Waals surface area contributed by atoms with Crippen molar-refractivity contribution >= 4 is 15.7 Å². The van der Waals surface area contributed by atoms with E-state index in [2.05, 4.69) is 9.88 Å². The molecule has 2 aliphatic heterocycles. The summed E-state index contributed by atoms with van der Waals surface area (Å²) < 4.78 is 29.2. The molecule has 2 aliphatic rings. The van der Waals surface area contributed by atoms with Gasteiger partial charge in [0.15, 0.2) is 9.84 Å². The number of amides is 1. The highest BCUT2D eigenvalue weighted by Gasteiger charge is 2.30. The second-order valence-corrected chi connectivity index (χ2v) is 11.1. The molecule has 1 aromatic heterocycles. The van der Waals surface area contributed by atoms with Gasteiger partial charge in [0.2, 0.25) is 5.91 Å². The van der Waals surface area contributed by atoms with E-state index in [4.69, 9.17) is 4.74 Å². The summed E-state index contributed by atoms with van der Waals surface area (Å²) >= 11 is 0. The molecule has 4 rings (SSSR count). The first-order valence-corrected chi connectivity index (χ1v) is 13.6. The number of ether oxygens (including phenoxy) is 1. The van der Waals surface area contributed by atoms with Crippen LogP contribution in [0, 0.1) is 0 Å². The number of sulfone groups is 1. The van der Waals surface area contributed by atoms with Crippen molar-refractivity contribution in [1.29, 1.82) is 0 Å². The standard InChI is InChI=1S/C25H33N3O4S/c1-33(30,31)24-5-2-20(3-6-24)4-7-25(29)28-16-10-21(11-17-28)27-18-12-23(13-19-27)32-22-8-14-26-15-9-22/h2-3,5-6,8-9,14-15,21,23H,4,7,10-13,16-19H2,1H3. The van der Waals surface area contributed by atoms with Crippen molar-refractivity contribution in [2.45, 2.75) is 55.6 Å². The first kappa shape index (κ1) is 23.7. The highest BCUT2D eigenvalue weighted by molar-refractivity contribution is 7.90. The van der Waals surface area contributed by atoms with Crippen molar-refractivity contribution < 1.29 is 17.9 Å².